The molecule has 0 atom stereocenters. The fourth-order valence-electron chi connectivity index (χ4n) is 9.44. The van der Waals surface area contributed by atoms with Gasteiger partial charge >= 0.3 is 0 Å². The minimum atomic E-state index is 0.844. The monoisotopic (exact) mass is 755 g/mol. The Hall–Kier alpha value is -7.82. The van der Waals surface area contributed by atoms with Crippen LogP contribution in [0.3, 0.4) is 0 Å². The molecule has 0 bridgehead atoms. The number of benzene rings is 9. The quantitative estimate of drug-likeness (QED) is 0.166. The first-order chi connectivity index (χ1) is 29.2. The number of hydrogen-bond donors (Lipinski definition) is 0. The topological polar surface area (TPSA) is 24.0 Å². The maximum atomic E-state index is 5.50. The number of hydrogen-bond acceptors (Lipinski definition) is 1. The maximum Gasteiger partial charge on any atom is 0.119 e. The van der Waals surface area contributed by atoms with Crippen molar-refractivity contribution in [3.05, 3.63) is 206 Å². The van der Waals surface area contributed by atoms with Crippen LogP contribution in [0.1, 0.15) is 0 Å². The zero-order valence-corrected chi connectivity index (χ0v) is 32.4. The average Bonchev–Trinajstić information content (AvgIpc) is 3.94. The number of fused-ring (bicyclic) bond motifs is 9. The van der Waals surface area contributed by atoms with Gasteiger partial charge in [0.2, 0.25) is 0 Å². The van der Waals surface area contributed by atoms with E-state index in [1.165, 1.54) is 82.1 Å². The minimum absolute atomic E-state index is 0.844. The van der Waals surface area contributed by atoms with E-state index in [0.717, 1.165) is 28.4 Å². The van der Waals surface area contributed by atoms with Gasteiger partial charge in [-0.05, 0) is 125 Å². The van der Waals surface area contributed by atoms with E-state index >= 15 is 0 Å². The van der Waals surface area contributed by atoms with Gasteiger partial charge in [-0.2, -0.15) is 0 Å². The van der Waals surface area contributed by atoms with E-state index in [4.69, 9.17) is 4.74 Å². The summed E-state index contributed by atoms with van der Waals surface area (Å²) < 4.78 is 12.7. The second-order valence-electron chi connectivity index (χ2n) is 15.3. The molecular weight excluding hydrogens is 719 g/mol. The number of ether oxygens (including phenoxy) is 1. The Bertz CT molecular complexity index is 3530. The highest BCUT2D eigenvalue weighted by molar-refractivity contribution is 6.13. The summed E-state index contributed by atoms with van der Waals surface area (Å²) in [6, 6.07) is 75.0. The highest BCUT2D eigenvalue weighted by Gasteiger charge is 2.18. The van der Waals surface area contributed by atoms with Crippen LogP contribution in [-0.4, -0.2) is 20.8 Å². The van der Waals surface area contributed by atoms with Crippen LogP contribution in [-0.2, 0) is 0 Å². The molecule has 9 aromatic carbocycles. The third-order valence-electron chi connectivity index (χ3n) is 12.1. The molecule has 4 nitrogen and oxygen atoms in total. The fraction of sp³-hybridized carbons (Fsp3) is 0.0182. The normalized spacial score (nSPS) is 11.8. The van der Waals surface area contributed by atoms with E-state index in [2.05, 4.69) is 208 Å². The van der Waals surface area contributed by atoms with E-state index in [0.29, 0.717) is 0 Å². The molecule has 0 spiro atoms. The summed E-state index contributed by atoms with van der Waals surface area (Å²) in [6.07, 6.45) is 0. The summed E-state index contributed by atoms with van der Waals surface area (Å²) in [5.41, 5.74) is 15.2. The highest BCUT2D eigenvalue weighted by atomic mass is 16.5. The average molecular weight is 756 g/mol. The largest absolute Gasteiger partial charge is 0.497 e. The second-order valence-corrected chi connectivity index (χ2v) is 15.3. The summed E-state index contributed by atoms with van der Waals surface area (Å²) in [5, 5.41) is 7.41. The predicted molar refractivity (Wildman–Crippen MR) is 247 cm³/mol. The van der Waals surface area contributed by atoms with Gasteiger partial charge < -0.3 is 18.4 Å². The van der Waals surface area contributed by atoms with Crippen molar-refractivity contribution in [3.63, 3.8) is 0 Å². The number of aromatic nitrogens is 3. The molecular formula is C55H37N3O. The molecule has 12 rings (SSSR count). The Labute approximate surface area is 341 Å². The number of rotatable bonds is 6. The molecule has 0 radical (unpaired) electrons. The first-order valence-corrected chi connectivity index (χ1v) is 20.1. The highest BCUT2D eigenvalue weighted by Crippen LogP contribution is 2.41. The molecule has 0 saturated heterocycles. The van der Waals surface area contributed by atoms with Gasteiger partial charge in [-0.15, -0.1) is 0 Å². The third-order valence-corrected chi connectivity index (χ3v) is 12.1. The van der Waals surface area contributed by atoms with Crippen molar-refractivity contribution in [1.29, 1.82) is 0 Å². The van der Waals surface area contributed by atoms with Crippen molar-refractivity contribution in [2.24, 2.45) is 0 Å². The lowest BCUT2D eigenvalue weighted by Crippen LogP contribution is -1.96. The molecule has 4 heteroatoms. The van der Waals surface area contributed by atoms with Crippen LogP contribution >= 0.6 is 0 Å². The maximum absolute atomic E-state index is 5.50. The summed E-state index contributed by atoms with van der Waals surface area (Å²) >= 11 is 0. The summed E-state index contributed by atoms with van der Waals surface area (Å²) in [7, 11) is 1.71. The van der Waals surface area contributed by atoms with Crippen molar-refractivity contribution in [1.82, 2.24) is 13.7 Å². The predicted octanol–water partition coefficient (Wildman–Crippen LogP) is 14.3. The number of para-hydroxylation sites is 5. The zero-order valence-electron chi connectivity index (χ0n) is 32.4. The van der Waals surface area contributed by atoms with E-state index in [1.54, 1.807) is 7.11 Å². The number of nitrogens with zero attached hydrogens (tertiary/aromatic N) is 3. The molecule has 278 valence electrons. The van der Waals surface area contributed by atoms with Crippen molar-refractivity contribution >= 4 is 65.4 Å². The molecule has 0 aliphatic heterocycles. The molecule has 59 heavy (non-hydrogen) atoms. The molecule has 0 amide bonds. The van der Waals surface area contributed by atoms with Crippen LogP contribution < -0.4 is 4.74 Å². The first kappa shape index (κ1) is 33.3. The standard InChI is InChI=1S/C55H37N3O/c1-59-43-27-25-41(26-28-43)57-53-22-12-8-18-47(53)49-35-37(24-30-55(49)57)39-31-38(32-42(33-39)58-50-19-9-5-15-44(50)45-16-6-10-20-51(45)58)36-23-29-54-48(34-36)46-17-7-11-21-52(46)56(54)40-13-3-2-4-14-40/h2-35H,1H3. The van der Waals surface area contributed by atoms with Gasteiger partial charge in [0.15, 0.2) is 0 Å². The Kier molecular flexibility index (Phi) is 7.41. The molecule has 0 saturated carbocycles. The summed E-state index contributed by atoms with van der Waals surface area (Å²) in [4.78, 5) is 0. The lowest BCUT2D eigenvalue weighted by atomic mass is 9.96. The molecule has 3 aromatic heterocycles. The van der Waals surface area contributed by atoms with E-state index in [1.807, 2.05) is 12.1 Å². The van der Waals surface area contributed by atoms with Crippen LogP contribution in [0.2, 0.25) is 0 Å². The zero-order chi connectivity index (χ0) is 39.0. The van der Waals surface area contributed by atoms with Gasteiger partial charge in [-0.3, -0.25) is 0 Å². The molecule has 3 heterocycles. The van der Waals surface area contributed by atoms with Gasteiger partial charge in [0.05, 0.1) is 40.2 Å². The van der Waals surface area contributed by atoms with Crippen molar-refractivity contribution < 1.29 is 4.74 Å². The Balaban J connectivity index is 1.11. The van der Waals surface area contributed by atoms with Crippen LogP contribution in [0.5, 0.6) is 5.75 Å². The van der Waals surface area contributed by atoms with Crippen LogP contribution in [0.25, 0.3) is 105 Å². The minimum Gasteiger partial charge on any atom is -0.497 e. The van der Waals surface area contributed by atoms with Crippen LogP contribution in [0, 0.1) is 0 Å². The van der Waals surface area contributed by atoms with E-state index in [-0.39, 0.29) is 0 Å². The Morgan fingerprint density at radius 1 is 0.271 bits per heavy atom. The van der Waals surface area contributed by atoms with E-state index in [9.17, 15) is 0 Å². The van der Waals surface area contributed by atoms with Crippen LogP contribution in [0.4, 0.5) is 0 Å². The van der Waals surface area contributed by atoms with Gasteiger partial charge in [0.1, 0.15) is 5.75 Å². The molecule has 0 fully saturated rings. The van der Waals surface area contributed by atoms with Crippen LogP contribution in [0.15, 0.2) is 206 Å². The molecule has 12 aromatic rings. The first-order valence-electron chi connectivity index (χ1n) is 20.1. The van der Waals surface area contributed by atoms with Crippen molar-refractivity contribution in [2.45, 2.75) is 0 Å². The summed E-state index contributed by atoms with van der Waals surface area (Å²) in [5.74, 6) is 0.844. The van der Waals surface area contributed by atoms with Crippen molar-refractivity contribution in [3.8, 4) is 45.1 Å². The van der Waals surface area contributed by atoms with Gasteiger partial charge in [-0.1, -0.05) is 103 Å². The number of methoxy groups -OCH3 is 1. The second kappa shape index (κ2) is 13.1. The smallest absolute Gasteiger partial charge is 0.119 e. The summed E-state index contributed by atoms with van der Waals surface area (Å²) in [6.45, 7) is 0. The van der Waals surface area contributed by atoms with E-state index < -0.39 is 0 Å². The Morgan fingerprint density at radius 2 is 0.644 bits per heavy atom. The lowest BCUT2D eigenvalue weighted by molar-refractivity contribution is 0.415. The molecule has 0 aliphatic rings. The fourth-order valence-corrected chi connectivity index (χ4v) is 9.44. The van der Waals surface area contributed by atoms with Gasteiger partial charge in [-0.25, -0.2) is 0 Å². The molecule has 0 aliphatic carbocycles. The van der Waals surface area contributed by atoms with Gasteiger partial charge in [0, 0.05) is 49.4 Å². The third kappa shape index (κ3) is 5.16. The molecule has 0 N–H and O–H groups in total. The lowest BCUT2D eigenvalue weighted by Gasteiger charge is -2.15. The Morgan fingerprint density at radius 3 is 1.10 bits per heavy atom. The molecule has 0 unspecified atom stereocenters. The van der Waals surface area contributed by atoms with Gasteiger partial charge in [0.25, 0.3) is 0 Å². The van der Waals surface area contributed by atoms with Crippen molar-refractivity contribution in [2.75, 3.05) is 7.11 Å². The SMILES string of the molecule is COc1ccc(-n2c3ccccc3c3cc(-c4cc(-c5ccc6c(c5)c5ccccc5n6-c5ccccc5)cc(-n5c6ccccc6c6ccccc65)c4)ccc32)cc1.